The van der Waals surface area contributed by atoms with Gasteiger partial charge in [-0.1, -0.05) is 5.16 Å². The van der Waals surface area contributed by atoms with Gasteiger partial charge in [0.2, 0.25) is 0 Å². The maximum absolute atomic E-state index is 5.29. The van der Waals surface area contributed by atoms with Gasteiger partial charge in [-0.2, -0.15) is 0 Å². The summed E-state index contributed by atoms with van der Waals surface area (Å²) >= 11 is 0. The summed E-state index contributed by atoms with van der Waals surface area (Å²) < 4.78 is 0. The molecule has 1 fully saturated rings. The number of amidine groups is 1. The van der Waals surface area contributed by atoms with Crippen LogP contribution in [-0.4, -0.2) is 40.8 Å². The highest BCUT2D eigenvalue weighted by molar-refractivity contribution is 5.99. The fourth-order valence-electron chi connectivity index (χ4n) is 2.52. The molecule has 1 aromatic rings. The van der Waals surface area contributed by atoms with Crippen molar-refractivity contribution < 1.29 is 4.84 Å². The van der Waals surface area contributed by atoms with Gasteiger partial charge in [0.15, 0.2) is 12.1 Å². The second-order valence-corrected chi connectivity index (χ2v) is 4.84. The number of hydrogen-bond donors (Lipinski definition) is 0. The molecule has 0 aromatic carbocycles. The van der Waals surface area contributed by atoms with Crippen molar-refractivity contribution in [3.8, 4) is 0 Å². The Labute approximate surface area is 125 Å². The van der Waals surface area contributed by atoms with Gasteiger partial charge in [0.1, 0.15) is 5.82 Å². The average Bonchev–Trinajstić information content (AvgIpc) is 2.49. The number of pyridine rings is 1. The van der Waals surface area contributed by atoms with Crippen molar-refractivity contribution >= 4 is 18.2 Å². The minimum absolute atomic E-state index is 0. The SMILES string of the molecule is CN1C(N2CCCCC2)=CON=C1c1cccnc1.Cl. The van der Waals surface area contributed by atoms with Crippen LogP contribution in [0.4, 0.5) is 0 Å². The molecule has 108 valence electrons. The lowest BCUT2D eigenvalue weighted by atomic mass is 10.1. The Morgan fingerprint density at radius 3 is 2.70 bits per heavy atom. The number of likely N-dealkylation sites (tertiary alicyclic amines) is 1. The number of oxime groups is 1. The second kappa shape index (κ2) is 6.61. The molecule has 20 heavy (non-hydrogen) atoms. The molecule has 0 N–H and O–H groups in total. The summed E-state index contributed by atoms with van der Waals surface area (Å²) in [4.78, 5) is 13.9. The molecule has 0 amide bonds. The molecule has 0 aliphatic carbocycles. The molecular weight excluding hydrogens is 276 g/mol. The topological polar surface area (TPSA) is 41.0 Å². The molecule has 0 radical (unpaired) electrons. The van der Waals surface area contributed by atoms with E-state index in [-0.39, 0.29) is 12.4 Å². The Balaban J connectivity index is 0.00000147. The van der Waals surface area contributed by atoms with E-state index in [1.54, 1.807) is 18.7 Å². The van der Waals surface area contributed by atoms with Crippen LogP contribution in [-0.2, 0) is 4.84 Å². The summed E-state index contributed by atoms with van der Waals surface area (Å²) in [5, 5.41) is 4.13. The van der Waals surface area contributed by atoms with E-state index in [2.05, 4.69) is 19.9 Å². The molecule has 1 aromatic heterocycles. The number of halogens is 1. The van der Waals surface area contributed by atoms with Gasteiger partial charge in [0, 0.05) is 38.1 Å². The predicted octanol–water partition coefficient (Wildman–Crippen LogP) is 2.41. The first-order chi connectivity index (χ1) is 9.36. The largest absolute Gasteiger partial charge is 0.359 e. The van der Waals surface area contributed by atoms with Gasteiger partial charge in [-0.15, -0.1) is 12.4 Å². The van der Waals surface area contributed by atoms with Crippen LogP contribution in [0.1, 0.15) is 24.8 Å². The molecular formula is C14H19ClN4O. The zero-order chi connectivity index (χ0) is 13.1. The van der Waals surface area contributed by atoms with Gasteiger partial charge in [-0.05, 0) is 31.4 Å². The Kier molecular flexibility index (Phi) is 4.84. The molecule has 3 rings (SSSR count). The first kappa shape index (κ1) is 14.7. The van der Waals surface area contributed by atoms with Crippen LogP contribution >= 0.6 is 12.4 Å². The van der Waals surface area contributed by atoms with Crippen molar-refractivity contribution in [2.24, 2.45) is 5.16 Å². The van der Waals surface area contributed by atoms with Crippen LogP contribution in [0.2, 0.25) is 0 Å². The maximum Gasteiger partial charge on any atom is 0.182 e. The summed E-state index contributed by atoms with van der Waals surface area (Å²) in [6, 6.07) is 3.90. The van der Waals surface area contributed by atoms with E-state index >= 15 is 0 Å². The first-order valence-corrected chi connectivity index (χ1v) is 6.69. The summed E-state index contributed by atoms with van der Waals surface area (Å²) in [7, 11) is 2.02. The van der Waals surface area contributed by atoms with E-state index in [0.29, 0.717) is 0 Å². The minimum Gasteiger partial charge on any atom is -0.359 e. The predicted molar refractivity (Wildman–Crippen MR) is 80.4 cm³/mol. The number of piperidine rings is 1. The van der Waals surface area contributed by atoms with Crippen LogP contribution < -0.4 is 0 Å². The van der Waals surface area contributed by atoms with Gasteiger partial charge >= 0.3 is 0 Å². The summed E-state index contributed by atoms with van der Waals surface area (Å²) in [6.45, 7) is 2.17. The van der Waals surface area contributed by atoms with Crippen molar-refractivity contribution in [2.45, 2.75) is 19.3 Å². The number of aromatic nitrogens is 1. The van der Waals surface area contributed by atoms with E-state index in [4.69, 9.17) is 4.84 Å². The molecule has 1 saturated heterocycles. The normalized spacial score (nSPS) is 18.6. The zero-order valence-corrected chi connectivity index (χ0v) is 12.3. The van der Waals surface area contributed by atoms with Gasteiger partial charge < -0.3 is 14.6 Å². The van der Waals surface area contributed by atoms with Crippen LogP contribution in [0.15, 0.2) is 41.8 Å². The van der Waals surface area contributed by atoms with Crippen molar-refractivity contribution in [3.05, 3.63) is 42.2 Å². The van der Waals surface area contributed by atoms with Crippen LogP contribution in [0.5, 0.6) is 0 Å². The average molecular weight is 295 g/mol. The Bertz CT molecular complexity index is 497. The summed E-state index contributed by atoms with van der Waals surface area (Å²) in [5.74, 6) is 1.88. The third-order valence-corrected chi connectivity index (χ3v) is 3.56. The zero-order valence-electron chi connectivity index (χ0n) is 11.5. The molecule has 0 bridgehead atoms. The van der Waals surface area contributed by atoms with Crippen LogP contribution in [0.25, 0.3) is 0 Å². The van der Waals surface area contributed by atoms with Crippen LogP contribution in [0, 0.1) is 0 Å². The third-order valence-electron chi connectivity index (χ3n) is 3.56. The first-order valence-electron chi connectivity index (χ1n) is 6.69. The molecule has 0 unspecified atom stereocenters. The number of nitrogens with zero attached hydrogens (tertiary/aromatic N) is 4. The lowest BCUT2D eigenvalue weighted by molar-refractivity contribution is 0.177. The van der Waals surface area contributed by atoms with Gasteiger partial charge in [-0.25, -0.2) is 0 Å². The molecule has 0 saturated carbocycles. The fourth-order valence-corrected chi connectivity index (χ4v) is 2.52. The third kappa shape index (κ3) is 2.88. The Morgan fingerprint density at radius 1 is 1.20 bits per heavy atom. The van der Waals surface area contributed by atoms with Gasteiger partial charge in [0.25, 0.3) is 0 Å². The molecule has 2 aliphatic heterocycles. The number of rotatable bonds is 2. The van der Waals surface area contributed by atoms with Crippen molar-refractivity contribution in [1.29, 1.82) is 0 Å². The monoisotopic (exact) mass is 294 g/mol. The van der Waals surface area contributed by atoms with Crippen molar-refractivity contribution in [1.82, 2.24) is 14.8 Å². The van der Waals surface area contributed by atoms with E-state index in [9.17, 15) is 0 Å². The fraction of sp³-hybridized carbons (Fsp3) is 0.429. The molecule has 5 nitrogen and oxygen atoms in total. The summed E-state index contributed by atoms with van der Waals surface area (Å²) in [5.41, 5.74) is 0.965. The van der Waals surface area contributed by atoms with Crippen LogP contribution in [0.3, 0.4) is 0 Å². The van der Waals surface area contributed by atoms with E-state index in [1.165, 1.54) is 19.3 Å². The Morgan fingerprint density at radius 2 is 2.00 bits per heavy atom. The standard InChI is InChI=1S/C14H18N4O.ClH/c1-17-13(18-8-3-2-4-9-18)11-19-16-14(17)12-6-5-7-15-10-12;/h5-7,10-11H,2-4,8-9H2,1H3;1H. The quantitative estimate of drug-likeness (QED) is 0.840. The molecule has 2 aliphatic rings. The Hall–Kier alpha value is -1.75. The lowest BCUT2D eigenvalue weighted by Crippen LogP contribution is -2.41. The minimum atomic E-state index is 0. The highest BCUT2D eigenvalue weighted by Gasteiger charge is 2.24. The van der Waals surface area contributed by atoms with E-state index in [1.807, 2.05) is 19.2 Å². The molecule has 6 heteroatoms. The lowest BCUT2D eigenvalue weighted by Gasteiger charge is -2.36. The van der Waals surface area contributed by atoms with Gasteiger partial charge in [0.05, 0.1) is 0 Å². The number of hydrogen-bond acceptors (Lipinski definition) is 5. The molecule has 0 spiro atoms. The molecule has 3 heterocycles. The van der Waals surface area contributed by atoms with E-state index < -0.39 is 0 Å². The smallest absolute Gasteiger partial charge is 0.182 e. The second-order valence-electron chi connectivity index (χ2n) is 4.84. The van der Waals surface area contributed by atoms with Crippen molar-refractivity contribution in [2.75, 3.05) is 20.1 Å². The highest BCUT2D eigenvalue weighted by Crippen LogP contribution is 2.21. The maximum atomic E-state index is 5.29. The van der Waals surface area contributed by atoms with Crippen molar-refractivity contribution in [3.63, 3.8) is 0 Å². The summed E-state index contributed by atoms with van der Waals surface area (Å²) in [6.07, 6.45) is 9.09. The van der Waals surface area contributed by atoms with Gasteiger partial charge in [-0.3, -0.25) is 4.98 Å². The van der Waals surface area contributed by atoms with E-state index in [0.717, 1.165) is 30.3 Å². The molecule has 0 atom stereocenters. The highest BCUT2D eigenvalue weighted by atomic mass is 35.5.